The van der Waals surface area contributed by atoms with E-state index in [2.05, 4.69) is 34.5 Å². The zero-order valence-electron chi connectivity index (χ0n) is 10.8. The molecule has 1 rings (SSSR count). The Labute approximate surface area is 113 Å². The summed E-state index contributed by atoms with van der Waals surface area (Å²) in [5.74, 6) is 0.000406. The van der Waals surface area contributed by atoms with Gasteiger partial charge in [-0.15, -0.1) is 0 Å². The molecule has 1 amide bonds. The van der Waals surface area contributed by atoms with Gasteiger partial charge in [-0.2, -0.15) is 0 Å². The molecule has 0 bridgehead atoms. The number of nitrogens with one attached hydrogen (secondary N) is 1. The van der Waals surface area contributed by atoms with Crippen molar-refractivity contribution in [2.45, 2.75) is 32.7 Å². The van der Waals surface area contributed by atoms with Crippen LogP contribution in [0, 0.1) is 6.92 Å². The number of aryl methyl sites for hydroxylation is 1. The SMILES string of the molecule is CC(=O)NCCCC(N=C=S)c1cccc(C)c1. The summed E-state index contributed by atoms with van der Waals surface area (Å²) in [6.07, 6.45) is 1.73. The normalized spacial score (nSPS) is 11.4. The van der Waals surface area contributed by atoms with Gasteiger partial charge in [0.05, 0.1) is 11.2 Å². The lowest BCUT2D eigenvalue weighted by atomic mass is 10.0. The summed E-state index contributed by atoms with van der Waals surface area (Å²) in [7, 11) is 0. The third-order valence-corrected chi connectivity index (χ3v) is 2.77. The smallest absolute Gasteiger partial charge is 0.216 e. The summed E-state index contributed by atoms with van der Waals surface area (Å²) in [4.78, 5) is 15.0. The predicted molar refractivity (Wildman–Crippen MR) is 76.9 cm³/mol. The number of nitrogens with zero attached hydrogens (tertiary/aromatic N) is 1. The van der Waals surface area contributed by atoms with Crippen LogP contribution in [0.4, 0.5) is 0 Å². The van der Waals surface area contributed by atoms with Crippen molar-refractivity contribution in [3.05, 3.63) is 35.4 Å². The minimum absolute atomic E-state index is 0.000406. The van der Waals surface area contributed by atoms with E-state index in [-0.39, 0.29) is 11.9 Å². The Bertz CT molecular complexity index is 453. The first kappa shape index (κ1) is 14.6. The first-order valence-corrected chi connectivity index (χ1v) is 6.42. The average molecular weight is 262 g/mol. The number of hydrogen-bond acceptors (Lipinski definition) is 3. The van der Waals surface area contributed by atoms with Crippen LogP contribution in [0.15, 0.2) is 29.3 Å². The van der Waals surface area contributed by atoms with Gasteiger partial charge in [-0.05, 0) is 37.5 Å². The molecule has 1 atom stereocenters. The van der Waals surface area contributed by atoms with Gasteiger partial charge in [-0.1, -0.05) is 29.8 Å². The molecule has 1 aromatic carbocycles. The molecule has 0 radical (unpaired) electrons. The fraction of sp³-hybridized carbons (Fsp3) is 0.429. The number of amides is 1. The predicted octanol–water partition coefficient (Wildman–Crippen LogP) is 3.06. The van der Waals surface area contributed by atoms with Gasteiger partial charge in [-0.25, -0.2) is 4.99 Å². The van der Waals surface area contributed by atoms with Crippen LogP contribution in [-0.4, -0.2) is 17.6 Å². The maximum atomic E-state index is 10.8. The first-order valence-electron chi connectivity index (χ1n) is 6.01. The molecule has 0 aromatic heterocycles. The van der Waals surface area contributed by atoms with Crippen molar-refractivity contribution in [3.63, 3.8) is 0 Å². The van der Waals surface area contributed by atoms with E-state index in [1.807, 2.05) is 12.1 Å². The van der Waals surface area contributed by atoms with Crippen molar-refractivity contribution < 1.29 is 4.79 Å². The van der Waals surface area contributed by atoms with E-state index < -0.39 is 0 Å². The van der Waals surface area contributed by atoms with Crippen molar-refractivity contribution in [3.8, 4) is 0 Å². The topological polar surface area (TPSA) is 41.5 Å². The molecule has 3 nitrogen and oxygen atoms in total. The van der Waals surface area contributed by atoms with E-state index in [4.69, 9.17) is 12.2 Å². The number of carbonyl (C=O) groups is 1. The molecule has 0 saturated heterocycles. The fourth-order valence-electron chi connectivity index (χ4n) is 1.81. The molecule has 0 aliphatic rings. The van der Waals surface area contributed by atoms with E-state index in [9.17, 15) is 4.79 Å². The molecule has 0 spiro atoms. The standard InChI is InChI=1S/C14H18N2OS/c1-11-5-3-6-13(9-11)14(16-10-18)7-4-8-15-12(2)17/h3,5-6,9,14H,4,7-8H2,1-2H3,(H,15,17). The van der Waals surface area contributed by atoms with Gasteiger partial charge in [0.25, 0.3) is 0 Å². The molecule has 0 aliphatic carbocycles. The van der Waals surface area contributed by atoms with Crippen LogP contribution >= 0.6 is 12.2 Å². The third-order valence-electron chi connectivity index (χ3n) is 2.66. The summed E-state index contributed by atoms with van der Waals surface area (Å²) >= 11 is 4.70. The zero-order chi connectivity index (χ0) is 13.4. The Balaban J connectivity index is 2.60. The number of thiocarbonyl (C=S) groups is 1. The van der Waals surface area contributed by atoms with Gasteiger partial charge < -0.3 is 5.32 Å². The minimum atomic E-state index is 0.000406. The van der Waals surface area contributed by atoms with Crippen molar-refractivity contribution in [2.24, 2.45) is 4.99 Å². The fourth-order valence-corrected chi connectivity index (χ4v) is 1.93. The van der Waals surface area contributed by atoms with Crippen molar-refractivity contribution in [1.82, 2.24) is 5.32 Å². The zero-order valence-corrected chi connectivity index (χ0v) is 11.6. The molecule has 1 unspecified atom stereocenters. The van der Waals surface area contributed by atoms with E-state index in [1.54, 1.807) is 0 Å². The highest BCUT2D eigenvalue weighted by atomic mass is 32.1. The van der Waals surface area contributed by atoms with Crippen LogP contribution in [0.1, 0.15) is 36.9 Å². The molecular formula is C14H18N2OS. The van der Waals surface area contributed by atoms with Gasteiger partial charge in [0, 0.05) is 13.5 Å². The van der Waals surface area contributed by atoms with Crippen molar-refractivity contribution >= 4 is 23.3 Å². The van der Waals surface area contributed by atoms with E-state index >= 15 is 0 Å². The number of rotatable bonds is 6. The lowest BCUT2D eigenvalue weighted by Crippen LogP contribution is -2.21. The van der Waals surface area contributed by atoms with Crippen LogP contribution in [0.5, 0.6) is 0 Å². The lowest BCUT2D eigenvalue weighted by molar-refractivity contribution is -0.118. The minimum Gasteiger partial charge on any atom is -0.356 e. The Kier molecular flexibility index (Phi) is 6.26. The summed E-state index contributed by atoms with van der Waals surface area (Å²) < 4.78 is 0. The number of benzene rings is 1. The van der Waals surface area contributed by atoms with Gasteiger partial charge >= 0.3 is 0 Å². The third kappa shape index (κ3) is 5.21. The number of carbonyl (C=O) groups excluding carboxylic acids is 1. The number of isothiocyanates is 1. The maximum Gasteiger partial charge on any atom is 0.216 e. The van der Waals surface area contributed by atoms with Crippen molar-refractivity contribution in [1.29, 1.82) is 0 Å². The lowest BCUT2D eigenvalue weighted by Gasteiger charge is -2.12. The number of hydrogen-bond donors (Lipinski definition) is 1. The quantitative estimate of drug-likeness (QED) is 0.486. The van der Waals surface area contributed by atoms with E-state index in [0.29, 0.717) is 6.54 Å². The molecule has 4 heteroatoms. The second-order valence-corrected chi connectivity index (χ2v) is 4.46. The summed E-state index contributed by atoms with van der Waals surface area (Å²) in [6, 6.07) is 8.27. The second kappa shape index (κ2) is 7.75. The Hall–Kier alpha value is -1.51. The second-order valence-electron chi connectivity index (χ2n) is 4.28. The average Bonchev–Trinajstić information content (AvgIpc) is 2.33. The summed E-state index contributed by atoms with van der Waals surface area (Å²) in [5, 5.41) is 5.24. The Morgan fingerprint density at radius 3 is 2.94 bits per heavy atom. The van der Waals surface area contributed by atoms with Crippen LogP contribution in [0.2, 0.25) is 0 Å². The van der Waals surface area contributed by atoms with E-state index in [0.717, 1.165) is 18.4 Å². The monoisotopic (exact) mass is 262 g/mol. The Morgan fingerprint density at radius 1 is 1.56 bits per heavy atom. The van der Waals surface area contributed by atoms with Crippen LogP contribution in [0.25, 0.3) is 0 Å². The molecular weight excluding hydrogens is 244 g/mol. The maximum absolute atomic E-state index is 10.8. The molecule has 96 valence electrons. The number of aliphatic imine (C=N–C) groups is 1. The summed E-state index contributed by atoms with van der Waals surface area (Å²) in [6.45, 7) is 4.25. The molecule has 1 aromatic rings. The molecule has 1 N–H and O–H groups in total. The van der Waals surface area contributed by atoms with Gasteiger partial charge in [0.2, 0.25) is 5.91 Å². The van der Waals surface area contributed by atoms with Crippen molar-refractivity contribution in [2.75, 3.05) is 6.54 Å². The Morgan fingerprint density at radius 2 is 2.33 bits per heavy atom. The van der Waals surface area contributed by atoms with E-state index in [1.165, 1.54) is 12.5 Å². The molecule has 0 saturated carbocycles. The molecule has 0 fully saturated rings. The summed E-state index contributed by atoms with van der Waals surface area (Å²) in [5.41, 5.74) is 2.36. The van der Waals surface area contributed by atoms with Crippen LogP contribution < -0.4 is 5.32 Å². The highest BCUT2D eigenvalue weighted by molar-refractivity contribution is 7.78. The van der Waals surface area contributed by atoms with Gasteiger partial charge in [-0.3, -0.25) is 4.79 Å². The van der Waals surface area contributed by atoms with Gasteiger partial charge in [0.15, 0.2) is 0 Å². The first-order chi connectivity index (χ1) is 8.63. The van der Waals surface area contributed by atoms with Crippen LogP contribution in [-0.2, 0) is 4.79 Å². The van der Waals surface area contributed by atoms with Crippen LogP contribution in [0.3, 0.4) is 0 Å². The van der Waals surface area contributed by atoms with Gasteiger partial charge in [0.1, 0.15) is 0 Å². The molecule has 0 aliphatic heterocycles. The highest BCUT2D eigenvalue weighted by Crippen LogP contribution is 2.22. The molecule has 0 heterocycles. The highest BCUT2D eigenvalue weighted by Gasteiger charge is 2.09. The molecule has 18 heavy (non-hydrogen) atoms. The largest absolute Gasteiger partial charge is 0.356 e.